The number of amides is 2. The molecule has 0 spiro atoms. The van der Waals surface area contributed by atoms with E-state index in [0.29, 0.717) is 30.2 Å². The van der Waals surface area contributed by atoms with E-state index >= 15 is 0 Å². The maximum atomic E-state index is 12.1. The van der Waals surface area contributed by atoms with Crippen LogP contribution in [0.25, 0.3) is 10.8 Å². The molecule has 3 aromatic carbocycles. The van der Waals surface area contributed by atoms with Crippen LogP contribution in [0.1, 0.15) is 5.56 Å². The predicted octanol–water partition coefficient (Wildman–Crippen LogP) is 3.15. The van der Waals surface area contributed by atoms with Crippen molar-refractivity contribution in [1.29, 1.82) is 0 Å². The Morgan fingerprint density at radius 1 is 0.821 bits per heavy atom. The van der Waals surface area contributed by atoms with Crippen LogP contribution in [0.2, 0.25) is 0 Å². The highest BCUT2D eigenvalue weighted by molar-refractivity contribution is 6.39. The number of anilines is 1. The zero-order valence-corrected chi connectivity index (χ0v) is 15.8. The van der Waals surface area contributed by atoms with Gasteiger partial charge in [0, 0.05) is 12.2 Å². The minimum Gasteiger partial charge on any atom is -0.493 e. The van der Waals surface area contributed by atoms with Crippen molar-refractivity contribution in [2.45, 2.75) is 6.42 Å². The van der Waals surface area contributed by atoms with E-state index in [9.17, 15) is 9.59 Å². The molecule has 0 saturated heterocycles. The summed E-state index contributed by atoms with van der Waals surface area (Å²) in [5.74, 6) is -0.0957. The molecule has 3 rings (SSSR count). The molecule has 0 aliphatic heterocycles. The standard InChI is InChI=1S/C22H22N2O4/c1-27-19-10-7-15(13-20(19)28-2)11-12-23-21(25)22(26)24-18-9-8-16-5-3-4-6-17(16)14-18/h3-10,13-14H,11-12H2,1-2H3,(H,23,25)(H,24,26). The molecule has 2 N–H and O–H groups in total. The molecule has 0 heterocycles. The number of benzene rings is 3. The van der Waals surface area contributed by atoms with Crippen molar-refractivity contribution in [3.05, 3.63) is 66.2 Å². The average Bonchev–Trinajstić information content (AvgIpc) is 2.73. The van der Waals surface area contributed by atoms with Crippen molar-refractivity contribution < 1.29 is 19.1 Å². The fourth-order valence-electron chi connectivity index (χ4n) is 2.89. The molecule has 6 nitrogen and oxygen atoms in total. The average molecular weight is 378 g/mol. The van der Waals surface area contributed by atoms with E-state index < -0.39 is 11.8 Å². The number of carbonyl (C=O) groups excluding carboxylic acids is 2. The van der Waals surface area contributed by atoms with E-state index in [1.807, 2.05) is 54.6 Å². The zero-order valence-electron chi connectivity index (χ0n) is 15.8. The largest absolute Gasteiger partial charge is 0.493 e. The summed E-state index contributed by atoms with van der Waals surface area (Å²) in [4.78, 5) is 24.2. The molecular formula is C22H22N2O4. The first-order valence-corrected chi connectivity index (χ1v) is 8.89. The van der Waals surface area contributed by atoms with Crippen LogP contribution in [0.15, 0.2) is 60.7 Å². The van der Waals surface area contributed by atoms with Gasteiger partial charge in [-0.25, -0.2) is 0 Å². The molecule has 0 unspecified atom stereocenters. The molecular weight excluding hydrogens is 356 g/mol. The Labute approximate surface area is 163 Å². The van der Waals surface area contributed by atoms with Gasteiger partial charge in [0.25, 0.3) is 0 Å². The van der Waals surface area contributed by atoms with Crippen LogP contribution in [0.3, 0.4) is 0 Å². The highest BCUT2D eigenvalue weighted by Crippen LogP contribution is 2.27. The SMILES string of the molecule is COc1ccc(CCNC(=O)C(=O)Nc2ccc3ccccc3c2)cc1OC. The van der Waals surface area contributed by atoms with Crippen molar-refractivity contribution in [2.24, 2.45) is 0 Å². The van der Waals surface area contributed by atoms with Crippen LogP contribution in [0.4, 0.5) is 5.69 Å². The van der Waals surface area contributed by atoms with Crippen molar-refractivity contribution >= 4 is 28.3 Å². The molecule has 0 fully saturated rings. The van der Waals surface area contributed by atoms with Gasteiger partial charge in [0.15, 0.2) is 11.5 Å². The van der Waals surface area contributed by atoms with Gasteiger partial charge < -0.3 is 20.1 Å². The number of hydrogen-bond donors (Lipinski definition) is 2. The molecule has 0 aliphatic rings. The van der Waals surface area contributed by atoms with E-state index in [1.165, 1.54) is 0 Å². The summed E-state index contributed by atoms with van der Waals surface area (Å²) >= 11 is 0. The quantitative estimate of drug-likeness (QED) is 0.646. The molecule has 144 valence electrons. The van der Waals surface area contributed by atoms with Gasteiger partial charge in [0.05, 0.1) is 14.2 Å². The van der Waals surface area contributed by atoms with Crippen LogP contribution in [-0.2, 0) is 16.0 Å². The Morgan fingerprint density at radius 2 is 1.57 bits per heavy atom. The molecule has 0 aromatic heterocycles. The first-order chi connectivity index (χ1) is 13.6. The van der Waals surface area contributed by atoms with Crippen molar-refractivity contribution in [3.8, 4) is 11.5 Å². The molecule has 6 heteroatoms. The molecule has 2 amide bonds. The topological polar surface area (TPSA) is 76.7 Å². The minimum atomic E-state index is -0.692. The highest BCUT2D eigenvalue weighted by atomic mass is 16.5. The number of ether oxygens (including phenoxy) is 2. The summed E-state index contributed by atoms with van der Waals surface area (Å²) in [6, 6.07) is 18.9. The summed E-state index contributed by atoms with van der Waals surface area (Å²) in [6.45, 7) is 0.333. The smallest absolute Gasteiger partial charge is 0.313 e. The Kier molecular flexibility index (Phi) is 6.11. The fourth-order valence-corrected chi connectivity index (χ4v) is 2.89. The van der Waals surface area contributed by atoms with Crippen LogP contribution in [0, 0.1) is 0 Å². The highest BCUT2D eigenvalue weighted by Gasteiger charge is 2.13. The van der Waals surface area contributed by atoms with E-state index in [2.05, 4.69) is 10.6 Å². The molecule has 0 bridgehead atoms. The van der Waals surface area contributed by atoms with Crippen LogP contribution < -0.4 is 20.1 Å². The lowest BCUT2D eigenvalue weighted by Gasteiger charge is -2.10. The second-order valence-electron chi connectivity index (χ2n) is 6.21. The molecule has 3 aromatic rings. The van der Waals surface area contributed by atoms with Crippen LogP contribution >= 0.6 is 0 Å². The molecule has 0 radical (unpaired) electrons. The van der Waals surface area contributed by atoms with Gasteiger partial charge in [0.2, 0.25) is 0 Å². The number of hydrogen-bond acceptors (Lipinski definition) is 4. The Hall–Kier alpha value is -3.54. The van der Waals surface area contributed by atoms with E-state index in [4.69, 9.17) is 9.47 Å². The van der Waals surface area contributed by atoms with Crippen molar-refractivity contribution in [3.63, 3.8) is 0 Å². The van der Waals surface area contributed by atoms with Gasteiger partial charge in [-0.15, -0.1) is 0 Å². The normalized spacial score (nSPS) is 10.4. The van der Waals surface area contributed by atoms with E-state index in [-0.39, 0.29) is 0 Å². The molecule has 0 aliphatic carbocycles. The molecule has 0 saturated carbocycles. The lowest BCUT2D eigenvalue weighted by atomic mass is 10.1. The summed E-state index contributed by atoms with van der Waals surface area (Å²) < 4.78 is 10.5. The monoisotopic (exact) mass is 378 g/mol. The lowest BCUT2D eigenvalue weighted by Crippen LogP contribution is -2.36. The first-order valence-electron chi connectivity index (χ1n) is 8.89. The lowest BCUT2D eigenvalue weighted by molar-refractivity contribution is -0.136. The zero-order chi connectivity index (χ0) is 19.9. The Bertz CT molecular complexity index is 1000. The second kappa shape index (κ2) is 8.90. The van der Waals surface area contributed by atoms with Crippen molar-refractivity contribution in [1.82, 2.24) is 5.32 Å². The third-order valence-electron chi connectivity index (χ3n) is 4.36. The van der Waals surface area contributed by atoms with E-state index in [1.54, 1.807) is 20.3 Å². The van der Waals surface area contributed by atoms with E-state index in [0.717, 1.165) is 16.3 Å². The van der Waals surface area contributed by atoms with Gasteiger partial charge in [-0.3, -0.25) is 9.59 Å². The summed E-state index contributed by atoms with van der Waals surface area (Å²) in [5.41, 5.74) is 1.55. The van der Waals surface area contributed by atoms with Gasteiger partial charge in [0.1, 0.15) is 0 Å². The summed E-state index contributed by atoms with van der Waals surface area (Å²) in [7, 11) is 3.15. The maximum absolute atomic E-state index is 12.1. The Balaban J connectivity index is 1.53. The number of fused-ring (bicyclic) bond motifs is 1. The fraction of sp³-hybridized carbons (Fsp3) is 0.182. The molecule has 0 atom stereocenters. The van der Waals surface area contributed by atoms with Gasteiger partial charge >= 0.3 is 11.8 Å². The first kappa shape index (κ1) is 19.2. The van der Waals surface area contributed by atoms with Gasteiger partial charge in [-0.05, 0) is 47.0 Å². The maximum Gasteiger partial charge on any atom is 0.313 e. The number of nitrogens with one attached hydrogen (secondary N) is 2. The number of methoxy groups -OCH3 is 2. The van der Waals surface area contributed by atoms with Crippen molar-refractivity contribution in [2.75, 3.05) is 26.1 Å². The summed E-state index contributed by atoms with van der Waals surface area (Å²) in [5, 5.41) is 7.32. The number of rotatable bonds is 6. The third kappa shape index (κ3) is 4.59. The summed E-state index contributed by atoms with van der Waals surface area (Å²) in [6.07, 6.45) is 0.565. The van der Waals surface area contributed by atoms with Crippen LogP contribution in [0.5, 0.6) is 11.5 Å². The van der Waals surface area contributed by atoms with Gasteiger partial charge in [-0.1, -0.05) is 36.4 Å². The third-order valence-corrected chi connectivity index (χ3v) is 4.36. The van der Waals surface area contributed by atoms with Gasteiger partial charge in [-0.2, -0.15) is 0 Å². The Morgan fingerprint density at radius 3 is 2.32 bits per heavy atom. The number of carbonyl (C=O) groups is 2. The minimum absolute atomic E-state index is 0.333. The predicted molar refractivity (Wildman–Crippen MR) is 109 cm³/mol. The second-order valence-corrected chi connectivity index (χ2v) is 6.21. The molecule has 28 heavy (non-hydrogen) atoms. The van der Waals surface area contributed by atoms with Crippen LogP contribution in [-0.4, -0.2) is 32.6 Å².